The molecule has 0 spiro atoms. The number of rotatable bonds is 8. The summed E-state index contributed by atoms with van der Waals surface area (Å²) in [6.45, 7) is 14.8. The molecule has 0 aromatic carbocycles. The number of nitrogens with one attached hydrogen (secondary N) is 1. The first-order valence-electron chi connectivity index (χ1n) is 9.00. The smallest absolute Gasteiger partial charge is 0.00684 e. The monoisotopic (exact) mass is 280 g/mol. The number of hydrogen-bond acceptors (Lipinski definition) is 2. The highest BCUT2D eigenvalue weighted by Gasteiger charge is 2.34. The number of likely N-dealkylation sites (tertiary alicyclic amines) is 1. The van der Waals surface area contributed by atoms with Crippen LogP contribution in [-0.4, -0.2) is 37.1 Å². The molecule has 0 unspecified atom stereocenters. The fourth-order valence-corrected chi connectivity index (χ4v) is 3.51. The first-order valence-corrected chi connectivity index (χ1v) is 9.00. The van der Waals surface area contributed by atoms with Gasteiger partial charge >= 0.3 is 0 Å². The third kappa shape index (κ3) is 4.21. The Balaban J connectivity index is 1.84. The Morgan fingerprint density at radius 3 is 2.15 bits per heavy atom. The van der Waals surface area contributed by atoms with Crippen molar-refractivity contribution >= 4 is 0 Å². The Kier molecular flexibility index (Phi) is 5.53. The van der Waals surface area contributed by atoms with Crippen molar-refractivity contribution in [3.05, 3.63) is 0 Å². The van der Waals surface area contributed by atoms with Gasteiger partial charge in [0.25, 0.3) is 0 Å². The lowest BCUT2D eigenvalue weighted by molar-refractivity contribution is 0.0664. The summed E-state index contributed by atoms with van der Waals surface area (Å²) in [7, 11) is 0. The Hall–Kier alpha value is -0.0800. The van der Waals surface area contributed by atoms with Crippen molar-refractivity contribution < 1.29 is 0 Å². The van der Waals surface area contributed by atoms with Gasteiger partial charge in [-0.2, -0.15) is 0 Å². The molecule has 2 heteroatoms. The molecule has 2 rings (SSSR count). The van der Waals surface area contributed by atoms with Gasteiger partial charge in [-0.15, -0.1) is 0 Å². The van der Waals surface area contributed by atoms with Crippen LogP contribution in [0.1, 0.15) is 72.6 Å². The average molecular weight is 280 g/mol. The molecular weight excluding hydrogens is 244 g/mol. The van der Waals surface area contributed by atoms with Crippen LogP contribution in [0.3, 0.4) is 0 Å². The lowest BCUT2D eigenvalue weighted by Crippen LogP contribution is -2.47. The van der Waals surface area contributed by atoms with Crippen molar-refractivity contribution in [3.8, 4) is 0 Å². The predicted octanol–water partition coefficient (Wildman–Crippen LogP) is 4.06. The van der Waals surface area contributed by atoms with Crippen LogP contribution in [0, 0.1) is 10.8 Å². The summed E-state index contributed by atoms with van der Waals surface area (Å²) >= 11 is 0. The van der Waals surface area contributed by atoms with E-state index < -0.39 is 0 Å². The zero-order valence-electron chi connectivity index (χ0n) is 14.3. The molecule has 2 fully saturated rings. The van der Waals surface area contributed by atoms with E-state index in [0.717, 1.165) is 6.04 Å². The lowest BCUT2D eigenvalue weighted by atomic mass is 9.76. The number of piperidine rings is 1. The summed E-state index contributed by atoms with van der Waals surface area (Å²) in [6, 6.07) is 0.845. The number of hydrogen-bond donors (Lipinski definition) is 1. The van der Waals surface area contributed by atoms with Crippen LogP contribution in [0.5, 0.6) is 0 Å². The van der Waals surface area contributed by atoms with E-state index in [1.54, 1.807) is 0 Å². The SMILES string of the molecule is CCC1(C)CCN(CC(CC)(CC)CNC2CC2)CC1. The van der Waals surface area contributed by atoms with E-state index in [-0.39, 0.29) is 0 Å². The molecule has 1 saturated heterocycles. The lowest BCUT2D eigenvalue weighted by Gasteiger charge is -2.43. The second-order valence-corrected chi connectivity index (χ2v) is 7.80. The highest BCUT2D eigenvalue weighted by molar-refractivity contribution is 4.90. The van der Waals surface area contributed by atoms with Crippen LogP contribution >= 0.6 is 0 Å². The normalized spacial score (nSPS) is 24.0. The topological polar surface area (TPSA) is 15.3 Å². The maximum absolute atomic E-state index is 3.79. The van der Waals surface area contributed by atoms with Crippen LogP contribution in [0.4, 0.5) is 0 Å². The molecule has 1 saturated carbocycles. The van der Waals surface area contributed by atoms with E-state index in [4.69, 9.17) is 0 Å². The molecule has 1 aliphatic carbocycles. The van der Waals surface area contributed by atoms with Gasteiger partial charge in [0.1, 0.15) is 0 Å². The third-order valence-corrected chi connectivity index (χ3v) is 6.32. The van der Waals surface area contributed by atoms with Gasteiger partial charge in [0.2, 0.25) is 0 Å². The van der Waals surface area contributed by atoms with Crippen LogP contribution in [0.15, 0.2) is 0 Å². The molecule has 0 atom stereocenters. The molecular formula is C18H36N2. The number of nitrogens with zero attached hydrogens (tertiary/aromatic N) is 1. The maximum atomic E-state index is 3.79. The highest BCUT2D eigenvalue weighted by Crippen LogP contribution is 2.36. The molecule has 2 aliphatic rings. The maximum Gasteiger partial charge on any atom is 0.00684 e. The van der Waals surface area contributed by atoms with Crippen molar-refractivity contribution in [3.63, 3.8) is 0 Å². The summed E-state index contributed by atoms with van der Waals surface area (Å²) in [5, 5.41) is 3.79. The first-order chi connectivity index (χ1) is 9.55. The summed E-state index contributed by atoms with van der Waals surface area (Å²) in [5.74, 6) is 0. The van der Waals surface area contributed by atoms with Crippen LogP contribution in [0.25, 0.3) is 0 Å². The quantitative estimate of drug-likeness (QED) is 0.721. The Labute approximate surface area is 126 Å². The van der Waals surface area contributed by atoms with E-state index in [0.29, 0.717) is 10.8 Å². The van der Waals surface area contributed by atoms with Crippen molar-refractivity contribution in [2.75, 3.05) is 26.2 Å². The van der Waals surface area contributed by atoms with Gasteiger partial charge in [-0.25, -0.2) is 0 Å². The minimum Gasteiger partial charge on any atom is -0.313 e. The molecule has 1 heterocycles. The van der Waals surface area contributed by atoms with Gasteiger partial charge in [-0.3, -0.25) is 0 Å². The summed E-state index contributed by atoms with van der Waals surface area (Å²) in [5.41, 5.74) is 1.12. The van der Waals surface area contributed by atoms with Gasteiger partial charge in [-0.1, -0.05) is 34.1 Å². The molecule has 1 aliphatic heterocycles. The van der Waals surface area contributed by atoms with Crippen LogP contribution in [0.2, 0.25) is 0 Å². The Morgan fingerprint density at radius 2 is 1.70 bits per heavy atom. The molecule has 0 bridgehead atoms. The fraction of sp³-hybridized carbons (Fsp3) is 1.00. The zero-order chi connectivity index (χ0) is 14.6. The molecule has 0 aromatic heterocycles. The molecule has 20 heavy (non-hydrogen) atoms. The summed E-state index contributed by atoms with van der Waals surface area (Å²) < 4.78 is 0. The fourth-order valence-electron chi connectivity index (χ4n) is 3.51. The van der Waals surface area contributed by atoms with Gasteiger partial charge in [0.05, 0.1) is 0 Å². The standard InChI is InChI=1S/C18H36N2/c1-5-17(4)10-12-20(13-11-17)15-18(6-2,7-3)14-19-16-8-9-16/h16,19H,5-15H2,1-4H3. The first kappa shape index (κ1) is 16.3. The van der Waals surface area contributed by atoms with Gasteiger partial charge < -0.3 is 10.2 Å². The second-order valence-electron chi connectivity index (χ2n) is 7.80. The zero-order valence-corrected chi connectivity index (χ0v) is 14.3. The molecule has 1 N–H and O–H groups in total. The summed E-state index contributed by atoms with van der Waals surface area (Å²) in [6.07, 6.45) is 9.56. The Bertz CT molecular complexity index is 284. The molecule has 118 valence electrons. The van der Waals surface area contributed by atoms with E-state index >= 15 is 0 Å². The van der Waals surface area contributed by atoms with Crippen molar-refractivity contribution in [2.45, 2.75) is 78.7 Å². The molecule has 0 radical (unpaired) electrons. The third-order valence-electron chi connectivity index (χ3n) is 6.32. The predicted molar refractivity (Wildman–Crippen MR) is 88.1 cm³/mol. The highest BCUT2D eigenvalue weighted by atomic mass is 15.1. The van der Waals surface area contributed by atoms with E-state index in [1.807, 2.05) is 0 Å². The van der Waals surface area contributed by atoms with Crippen molar-refractivity contribution in [1.29, 1.82) is 0 Å². The van der Waals surface area contributed by atoms with E-state index in [1.165, 1.54) is 71.1 Å². The minimum atomic E-state index is 0.503. The Morgan fingerprint density at radius 1 is 1.10 bits per heavy atom. The molecule has 0 amide bonds. The minimum absolute atomic E-state index is 0.503. The van der Waals surface area contributed by atoms with Gasteiger partial charge in [0, 0.05) is 19.1 Å². The average Bonchev–Trinajstić information content (AvgIpc) is 3.30. The van der Waals surface area contributed by atoms with E-state index in [2.05, 4.69) is 37.9 Å². The van der Waals surface area contributed by atoms with Crippen LogP contribution in [-0.2, 0) is 0 Å². The van der Waals surface area contributed by atoms with Crippen LogP contribution < -0.4 is 5.32 Å². The summed E-state index contributed by atoms with van der Waals surface area (Å²) in [4.78, 5) is 2.75. The molecule has 2 nitrogen and oxygen atoms in total. The van der Waals surface area contributed by atoms with Gasteiger partial charge in [0.15, 0.2) is 0 Å². The molecule has 0 aromatic rings. The van der Waals surface area contributed by atoms with Crippen molar-refractivity contribution in [2.24, 2.45) is 10.8 Å². The van der Waals surface area contributed by atoms with E-state index in [9.17, 15) is 0 Å². The second kappa shape index (κ2) is 6.79. The van der Waals surface area contributed by atoms with Crippen molar-refractivity contribution in [1.82, 2.24) is 10.2 Å². The van der Waals surface area contributed by atoms with Gasteiger partial charge in [-0.05, 0) is 62.4 Å². The largest absolute Gasteiger partial charge is 0.313 e.